The van der Waals surface area contributed by atoms with Crippen molar-refractivity contribution in [3.8, 4) is 0 Å². The van der Waals surface area contributed by atoms with E-state index in [9.17, 15) is 9.59 Å². The molecule has 0 bridgehead atoms. The second-order valence-corrected chi connectivity index (χ2v) is 8.64. The molecule has 2 atom stereocenters. The fourth-order valence-corrected chi connectivity index (χ4v) is 5.07. The maximum Gasteiger partial charge on any atom is 0.233 e. The minimum atomic E-state index is -0.000980. The fraction of sp³-hybridized carbons (Fsp3) is 0.652. The second kappa shape index (κ2) is 10.6. The number of rotatable bonds is 7. The number of likely N-dealkylation sites (tertiary alicyclic amines) is 1. The average Bonchev–Trinajstić information content (AvgIpc) is 2.98. The molecule has 29 heavy (non-hydrogen) atoms. The highest BCUT2D eigenvalue weighted by molar-refractivity contribution is 6.05. The van der Waals surface area contributed by atoms with E-state index in [0.29, 0.717) is 6.54 Å². The molecule has 2 amide bonds. The molecular formula is C23H34ClN3O2. The third-order valence-electron chi connectivity index (χ3n) is 6.75. The first-order valence-corrected chi connectivity index (χ1v) is 11.1. The van der Waals surface area contributed by atoms with Gasteiger partial charge in [-0.05, 0) is 37.8 Å². The van der Waals surface area contributed by atoms with E-state index in [1.807, 2.05) is 0 Å². The number of carbonyl (C=O) groups is 2. The number of imide groups is 1. The molecule has 0 spiro atoms. The minimum absolute atomic E-state index is 0. The summed E-state index contributed by atoms with van der Waals surface area (Å²) < 4.78 is 0. The summed E-state index contributed by atoms with van der Waals surface area (Å²) in [4.78, 5) is 31.7. The quantitative estimate of drug-likeness (QED) is 0.503. The van der Waals surface area contributed by atoms with Crippen molar-refractivity contribution < 1.29 is 9.59 Å². The fourth-order valence-electron chi connectivity index (χ4n) is 5.07. The Bertz CT molecular complexity index is 652. The number of amides is 2. The van der Waals surface area contributed by atoms with Gasteiger partial charge in [-0.1, -0.05) is 43.2 Å². The molecule has 6 heteroatoms. The number of hydrogen-bond acceptors (Lipinski definition) is 4. The zero-order valence-corrected chi connectivity index (χ0v) is 18.1. The van der Waals surface area contributed by atoms with Crippen molar-refractivity contribution in [3.63, 3.8) is 0 Å². The Hall–Kier alpha value is -1.43. The van der Waals surface area contributed by atoms with Crippen molar-refractivity contribution in [1.82, 2.24) is 14.7 Å². The molecule has 0 radical (unpaired) electrons. The zero-order valence-electron chi connectivity index (χ0n) is 17.3. The van der Waals surface area contributed by atoms with Crippen LogP contribution in [0.4, 0.5) is 0 Å². The van der Waals surface area contributed by atoms with Gasteiger partial charge in [0, 0.05) is 39.3 Å². The highest BCUT2D eigenvalue weighted by atomic mass is 35.5. The van der Waals surface area contributed by atoms with E-state index in [0.717, 1.165) is 77.8 Å². The summed E-state index contributed by atoms with van der Waals surface area (Å²) in [6.45, 7) is 7.18. The van der Waals surface area contributed by atoms with Crippen LogP contribution in [0, 0.1) is 11.8 Å². The van der Waals surface area contributed by atoms with E-state index in [1.54, 1.807) is 4.90 Å². The van der Waals surface area contributed by atoms with Gasteiger partial charge in [0.15, 0.2) is 0 Å². The average molecular weight is 420 g/mol. The van der Waals surface area contributed by atoms with Crippen LogP contribution in [0.1, 0.15) is 44.1 Å². The molecule has 160 valence electrons. The summed E-state index contributed by atoms with van der Waals surface area (Å²) in [5.74, 6) is 0.228. The minimum Gasteiger partial charge on any atom is -0.301 e. The molecule has 1 aromatic rings. The topological polar surface area (TPSA) is 43.9 Å². The van der Waals surface area contributed by atoms with Gasteiger partial charge in [0.25, 0.3) is 0 Å². The summed E-state index contributed by atoms with van der Waals surface area (Å²) in [6.07, 6.45) is 6.03. The molecule has 1 saturated carbocycles. The van der Waals surface area contributed by atoms with Crippen molar-refractivity contribution in [2.24, 2.45) is 11.8 Å². The highest BCUT2D eigenvalue weighted by Gasteiger charge is 2.47. The number of unbranched alkanes of at least 4 members (excludes halogenated alkanes) is 1. The molecule has 3 aliphatic rings. The van der Waals surface area contributed by atoms with Crippen LogP contribution >= 0.6 is 12.4 Å². The first-order chi connectivity index (χ1) is 13.7. The summed E-state index contributed by atoms with van der Waals surface area (Å²) in [5.41, 5.74) is 1.39. The van der Waals surface area contributed by atoms with Crippen LogP contribution in [0.2, 0.25) is 0 Å². The molecule has 2 heterocycles. The number of benzene rings is 1. The van der Waals surface area contributed by atoms with E-state index >= 15 is 0 Å². The number of hydrogen-bond donors (Lipinski definition) is 0. The number of fused-ring (bicyclic) bond motifs is 1. The third kappa shape index (κ3) is 5.39. The number of halogens is 1. The lowest BCUT2D eigenvalue weighted by atomic mass is 9.81. The van der Waals surface area contributed by atoms with Gasteiger partial charge in [-0.3, -0.25) is 19.4 Å². The summed E-state index contributed by atoms with van der Waals surface area (Å²) in [6, 6.07) is 10.7. The van der Waals surface area contributed by atoms with E-state index in [1.165, 1.54) is 5.56 Å². The van der Waals surface area contributed by atoms with Crippen LogP contribution in [0.5, 0.6) is 0 Å². The molecule has 0 aromatic heterocycles. The van der Waals surface area contributed by atoms with Crippen molar-refractivity contribution in [2.75, 3.05) is 39.3 Å². The van der Waals surface area contributed by atoms with Gasteiger partial charge in [-0.25, -0.2) is 0 Å². The highest BCUT2D eigenvalue weighted by Crippen LogP contribution is 2.38. The summed E-state index contributed by atoms with van der Waals surface area (Å²) in [7, 11) is 0. The maximum atomic E-state index is 12.5. The number of carbonyl (C=O) groups excluding carboxylic acids is 2. The molecule has 1 aromatic carbocycles. The van der Waals surface area contributed by atoms with Crippen LogP contribution in [-0.2, 0) is 16.1 Å². The standard InChI is InChI=1S/C23H33N3O2.ClH/c27-22-20-10-4-5-11-21(20)23(28)26(22)13-7-6-12-24-14-16-25(17-15-24)18-19-8-2-1-3-9-19;/h1-3,8-9,20-21H,4-7,10-18H2;1H. The molecular weight excluding hydrogens is 386 g/mol. The van der Waals surface area contributed by atoms with E-state index < -0.39 is 0 Å². The lowest BCUT2D eigenvalue weighted by Crippen LogP contribution is -2.46. The van der Waals surface area contributed by atoms with Crippen LogP contribution in [0.15, 0.2) is 30.3 Å². The molecule has 4 rings (SSSR count). The first-order valence-electron chi connectivity index (χ1n) is 11.1. The lowest BCUT2D eigenvalue weighted by molar-refractivity contribution is -0.140. The molecule has 3 fully saturated rings. The normalized spacial score (nSPS) is 25.7. The van der Waals surface area contributed by atoms with Gasteiger partial charge in [0.1, 0.15) is 0 Å². The Labute approximate surface area is 180 Å². The van der Waals surface area contributed by atoms with Crippen LogP contribution in [0.25, 0.3) is 0 Å². The smallest absolute Gasteiger partial charge is 0.233 e. The SMILES string of the molecule is Cl.O=C1C2CCCCC2C(=O)N1CCCCN1CCN(Cc2ccccc2)CC1. The molecule has 1 aliphatic carbocycles. The number of nitrogens with zero attached hydrogens (tertiary/aromatic N) is 3. The van der Waals surface area contributed by atoms with Gasteiger partial charge in [-0.2, -0.15) is 0 Å². The Morgan fingerprint density at radius 3 is 1.93 bits per heavy atom. The van der Waals surface area contributed by atoms with Crippen LogP contribution in [-0.4, -0.2) is 65.8 Å². The first kappa shape index (κ1) is 22.3. The van der Waals surface area contributed by atoms with E-state index in [-0.39, 0.29) is 36.1 Å². The Morgan fingerprint density at radius 1 is 0.759 bits per heavy atom. The Balaban J connectivity index is 0.00000240. The molecule has 0 N–H and O–H groups in total. The van der Waals surface area contributed by atoms with Crippen LogP contribution < -0.4 is 0 Å². The van der Waals surface area contributed by atoms with Gasteiger partial charge in [0.05, 0.1) is 11.8 Å². The van der Waals surface area contributed by atoms with Gasteiger partial charge in [0.2, 0.25) is 11.8 Å². The maximum absolute atomic E-state index is 12.5. The van der Waals surface area contributed by atoms with Crippen molar-refractivity contribution >= 4 is 24.2 Å². The van der Waals surface area contributed by atoms with Gasteiger partial charge in [-0.15, -0.1) is 12.4 Å². The number of piperazine rings is 1. The van der Waals surface area contributed by atoms with Gasteiger partial charge >= 0.3 is 0 Å². The third-order valence-corrected chi connectivity index (χ3v) is 6.75. The lowest BCUT2D eigenvalue weighted by Gasteiger charge is -2.34. The predicted molar refractivity (Wildman–Crippen MR) is 117 cm³/mol. The van der Waals surface area contributed by atoms with Crippen LogP contribution in [0.3, 0.4) is 0 Å². The van der Waals surface area contributed by atoms with E-state index in [4.69, 9.17) is 0 Å². The van der Waals surface area contributed by atoms with Gasteiger partial charge < -0.3 is 4.90 Å². The predicted octanol–water partition coefficient (Wildman–Crippen LogP) is 3.18. The molecule has 5 nitrogen and oxygen atoms in total. The van der Waals surface area contributed by atoms with Crippen molar-refractivity contribution in [1.29, 1.82) is 0 Å². The Kier molecular flexibility index (Phi) is 8.10. The van der Waals surface area contributed by atoms with Crippen molar-refractivity contribution in [3.05, 3.63) is 35.9 Å². The monoisotopic (exact) mass is 419 g/mol. The zero-order chi connectivity index (χ0) is 19.3. The molecule has 2 saturated heterocycles. The largest absolute Gasteiger partial charge is 0.301 e. The molecule has 2 aliphatic heterocycles. The summed E-state index contributed by atoms with van der Waals surface area (Å²) >= 11 is 0. The second-order valence-electron chi connectivity index (χ2n) is 8.64. The molecule has 2 unspecified atom stereocenters. The Morgan fingerprint density at radius 2 is 1.31 bits per heavy atom. The van der Waals surface area contributed by atoms with Crippen molar-refractivity contribution in [2.45, 2.75) is 45.1 Å². The summed E-state index contributed by atoms with van der Waals surface area (Å²) in [5, 5.41) is 0. The van der Waals surface area contributed by atoms with E-state index in [2.05, 4.69) is 40.1 Å².